The summed E-state index contributed by atoms with van der Waals surface area (Å²) >= 11 is 0. The Kier molecular flexibility index (Phi) is 6.04. The number of ether oxygens (including phenoxy) is 1. The molecule has 0 aliphatic carbocycles. The maximum atomic E-state index is 15.8. The van der Waals surface area contributed by atoms with Crippen LogP contribution in [0.25, 0.3) is 11.5 Å². The molecule has 0 radical (unpaired) electrons. The van der Waals surface area contributed by atoms with Crippen molar-refractivity contribution in [1.82, 2.24) is 15.1 Å². The van der Waals surface area contributed by atoms with Crippen molar-refractivity contribution in [2.75, 3.05) is 32.7 Å². The molecular formula is C24H28FN3O2. The van der Waals surface area contributed by atoms with E-state index in [0.717, 1.165) is 12.0 Å². The Morgan fingerprint density at radius 3 is 2.30 bits per heavy atom. The molecule has 0 aromatic heterocycles. The number of para-hydroxylation sites is 2. The average molecular weight is 410 g/mol. The van der Waals surface area contributed by atoms with E-state index >= 15 is 4.39 Å². The molecular weight excluding hydrogens is 381 g/mol. The van der Waals surface area contributed by atoms with Gasteiger partial charge in [-0.1, -0.05) is 31.2 Å². The zero-order chi connectivity index (χ0) is 21.1. The number of amides is 1. The fourth-order valence-electron chi connectivity index (χ4n) is 4.06. The first kappa shape index (κ1) is 20.4. The molecule has 4 rings (SSSR count). The van der Waals surface area contributed by atoms with Crippen LogP contribution in [-0.2, 0) is 4.79 Å². The van der Waals surface area contributed by atoms with E-state index in [9.17, 15) is 4.79 Å². The van der Waals surface area contributed by atoms with E-state index in [0.29, 0.717) is 55.5 Å². The number of carbonyl (C=O) groups is 1. The number of carbonyl (C=O) groups excluding carboxylic acids is 1. The van der Waals surface area contributed by atoms with E-state index in [-0.39, 0.29) is 17.8 Å². The van der Waals surface area contributed by atoms with Crippen LogP contribution in [-0.4, -0.2) is 54.5 Å². The number of halogens is 1. The maximum Gasteiger partial charge on any atom is 0.237 e. The minimum atomic E-state index is -0.266. The monoisotopic (exact) mass is 409 g/mol. The molecule has 0 bridgehead atoms. The molecule has 5 nitrogen and oxygen atoms in total. The highest BCUT2D eigenvalue weighted by Crippen LogP contribution is 2.44. The van der Waals surface area contributed by atoms with Gasteiger partial charge in [0.15, 0.2) is 5.83 Å². The molecule has 2 heterocycles. The van der Waals surface area contributed by atoms with Gasteiger partial charge in [-0.25, -0.2) is 4.39 Å². The lowest BCUT2D eigenvalue weighted by Gasteiger charge is -2.39. The summed E-state index contributed by atoms with van der Waals surface area (Å²) < 4.78 is 21.8. The Balaban J connectivity index is 1.59. The summed E-state index contributed by atoms with van der Waals surface area (Å²) in [5.41, 5.74) is 1.80. The van der Waals surface area contributed by atoms with Crippen LogP contribution in [0.15, 0.2) is 48.5 Å². The number of fused-ring (bicyclic) bond motifs is 2. The second-order valence-corrected chi connectivity index (χ2v) is 7.75. The number of hydrogen-bond acceptors (Lipinski definition) is 4. The highest BCUT2D eigenvalue weighted by molar-refractivity contribution is 5.91. The fraction of sp³-hybridized carbons (Fsp3) is 0.375. The van der Waals surface area contributed by atoms with Crippen molar-refractivity contribution in [2.45, 2.75) is 26.3 Å². The third-order valence-electron chi connectivity index (χ3n) is 5.80. The molecule has 1 fully saturated rings. The smallest absolute Gasteiger partial charge is 0.237 e. The van der Waals surface area contributed by atoms with Gasteiger partial charge in [-0.2, -0.15) is 0 Å². The SMILES string of the molecule is CCCNC(=O)C(C)N1CCN(C2=C(F)c3ccccc3Oc3ccccc32)CC1. The summed E-state index contributed by atoms with van der Waals surface area (Å²) in [6, 6.07) is 14.6. The predicted octanol–water partition coefficient (Wildman–Crippen LogP) is 4.12. The molecule has 1 N–H and O–H groups in total. The number of hydrogen-bond donors (Lipinski definition) is 1. The maximum absolute atomic E-state index is 15.8. The van der Waals surface area contributed by atoms with E-state index in [1.807, 2.05) is 50.2 Å². The normalized spacial score (nSPS) is 17.5. The van der Waals surface area contributed by atoms with E-state index in [2.05, 4.69) is 15.1 Å². The van der Waals surface area contributed by atoms with Gasteiger partial charge in [-0.3, -0.25) is 9.69 Å². The molecule has 30 heavy (non-hydrogen) atoms. The Labute approximate surface area is 177 Å². The van der Waals surface area contributed by atoms with Crippen LogP contribution in [0, 0.1) is 0 Å². The minimum absolute atomic E-state index is 0.0536. The first-order valence-electron chi connectivity index (χ1n) is 10.6. The molecule has 2 aromatic rings. The van der Waals surface area contributed by atoms with Crippen molar-refractivity contribution in [3.63, 3.8) is 0 Å². The molecule has 0 saturated carbocycles. The van der Waals surface area contributed by atoms with Gasteiger partial charge in [0.25, 0.3) is 0 Å². The molecule has 1 amide bonds. The second-order valence-electron chi connectivity index (χ2n) is 7.75. The summed E-state index contributed by atoms with van der Waals surface area (Å²) in [5.74, 6) is 0.968. The molecule has 6 heteroatoms. The van der Waals surface area contributed by atoms with E-state index in [1.54, 1.807) is 12.1 Å². The van der Waals surface area contributed by atoms with Crippen LogP contribution in [0.3, 0.4) is 0 Å². The van der Waals surface area contributed by atoms with Crippen molar-refractivity contribution in [1.29, 1.82) is 0 Å². The highest BCUT2D eigenvalue weighted by atomic mass is 19.1. The van der Waals surface area contributed by atoms with Crippen LogP contribution in [0.2, 0.25) is 0 Å². The second kappa shape index (κ2) is 8.88. The topological polar surface area (TPSA) is 44.8 Å². The molecule has 2 aliphatic rings. The number of nitrogens with one attached hydrogen (secondary N) is 1. The van der Waals surface area contributed by atoms with Gasteiger partial charge in [-0.05, 0) is 37.6 Å². The standard InChI is InChI=1S/C24H28FN3O2/c1-3-12-26-24(29)17(2)27-13-15-28(16-14-27)23-19-9-5-7-11-21(19)30-20-10-6-4-8-18(20)22(23)25/h4-11,17H,3,12-16H2,1-2H3,(H,26,29). The molecule has 2 aromatic carbocycles. The van der Waals surface area contributed by atoms with Crippen molar-refractivity contribution >= 4 is 17.4 Å². The Morgan fingerprint density at radius 2 is 1.63 bits per heavy atom. The number of nitrogens with zero attached hydrogens (tertiary/aromatic N) is 2. The van der Waals surface area contributed by atoms with Gasteiger partial charge in [0.2, 0.25) is 5.91 Å². The molecule has 1 atom stereocenters. The van der Waals surface area contributed by atoms with Crippen LogP contribution >= 0.6 is 0 Å². The molecule has 1 unspecified atom stereocenters. The van der Waals surface area contributed by atoms with Crippen molar-refractivity contribution in [2.24, 2.45) is 0 Å². The van der Waals surface area contributed by atoms with Crippen LogP contribution in [0.1, 0.15) is 31.4 Å². The van der Waals surface area contributed by atoms with E-state index in [1.165, 1.54) is 0 Å². The van der Waals surface area contributed by atoms with Crippen molar-refractivity contribution < 1.29 is 13.9 Å². The Morgan fingerprint density at radius 1 is 1.03 bits per heavy atom. The first-order valence-corrected chi connectivity index (χ1v) is 10.6. The van der Waals surface area contributed by atoms with Gasteiger partial charge >= 0.3 is 0 Å². The van der Waals surface area contributed by atoms with Gasteiger partial charge in [-0.15, -0.1) is 0 Å². The van der Waals surface area contributed by atoms with Gasteiger partial charge < -0.3 is 15.0 Å². The summed E-state index contributed by atoms with van der Waals surface area (Å²) in [5, 5.41) is 2.96. The number of rotatable bonds is 5. The van der Waals surface area contributed by atoms with Gasteiger partial charge in [0.05, 0.1) is 17.3 Å². The number of benzene rings is 2. The van der Waals surface area contributed by atoms with Gasteiger partial charge in [0, 0.05) is 38.3 Å². The van der Waals surface area contributed by atoms with Crippen LogP contribution < -0.4 is 10.1 Å². The average Bonchev–Trinajstić information content (AvgIpc) is 2.91. The van der Waals surface area contributed by atoms with Crippen LogP contribution in [0.4, 0.5) is 4.39 Å². The van der Waals surface area contributed by atoms with Crippen molar-refractivity contribution in [3.8, 4) is 11.5 Å². The molecule has 1 saturated heterocycles. The third kappa shape index (κ3) is 3.92. The summed E-state index contributed by atoms with van der Waals surface area (Å²) in [4.78, 5) is 16.6. The largest absolute Gasteiger partial charge is 0.456 e. The fourth-order valence-corrected chi connectivity index (χ4v) is 4.06. The number of piperazine rings is 1. The molecule has 158 valence electrons. The predicted molar refractivity (Wildman–Crippen MR) is 117 cm³/mol. The third-order valence-corrected chi connectivity index (χ3v) is 5.80. The van der Waals surface area contributed by atoms with Crippen molar-refractivity contribution in [3.05, 3.63) is 59.7 Å². The Bertz CT molecular complexity index is 951. The van der Waals surface area contributed by atoms with E-state index < -0.39 is 0 Å². The zero-order valence-corrected chi connectivity index (χ0v) is 17.5. The van der Waals surface area contributed by atoms with Crippen LogP contribution in [0.5, 0.6) is 11.5 Å². The van der Waals surface area contributed by atoms with E-state index in [4.69, 9.17) is 4.74 Å². The minimum Gasteiger partial charge on any atom is -0.456 e. The molecule has 2 aliphatic heterocycles. The lowest BCUT2D eigenvalue weighted by molar-refractivity contribution is -0.126. The summed E-state index contributed by atoms with van der Waals surface area (Å²) in [6.45, 7) is 7.35. The Hall–Kier alpha value is -2.86. The zero-order valence-electron chi connectivity index (χ0n) is 17.5. The summed E-state index contributed by atoms with van der Waals surface area (Å²) in [6.07, 6.45) is 0.919. The quantitative estimate of drug-likeness (QED) is 0.807. The summed E-state index contributed by atoms with van der Waals surface area (Å²) in [7, 11) is 0. The molecule has 0 spiro atoms. The highest BCUT2D eigenvalue weighted by Gasteiger charge is 2.31. The first-order chi connectivity index (χ1) is 14.6. The lowest BCUT2D eigenvalue weighted by Crippen LogP contribution is -2.53. The lowest BCUT2D eigenvalue weighted by atomic mass is 10.0. The van der Waals surface area contributed by atoms with Gasteiger partial charge in [0.1, 0.15) is 11.5 Å².